The van der Waals surface area contributed by atoms with Crippen LogP contribution in [-0.4, -0.2) is 21.4 Å². The predicted molar refractivity (Wildman–Crippen MR) is 109 cm³/mol. The molecule has 2 N–H and O–H groups in total. The van der Waals surface area contributed by atoms with Gasteiger partial charge in [-0.15, -0.1) is 0 Å². The van der Waals surface area contributed by atoms with Crippen LogP contribution in [0.15, 0.2) is 77.7 Å². The highest BCUT2D eigenvalue weighted by Gasteiger charge is 2.19. The molecule has 3 aromatic carbocycles. The first-order chi connectivity index (χ1) is 13.9. The zero-order chi connectivity index (χ0) is 20.9. The first kappa shape index (κ1) is 19.9. The predicted octanol–water partition coefficient (Wildman–Crippen LogP) is 3.62. The molecule has 7 nitrogen and oxygen atoms in total. The number of sulfonamides is 1. The molecule has 0 unspecified atom stereocenters. The largest absolute Gasteiger partial charge is 0.495 e. The van der Waals surface area contributed by atoms with Crippen LogP contribution in [-0.2, 0) is 10.0 Å². The van der Waals surface area contributed by atoms with Gasteiger partial charge in [0.15, 0.2) is 0 Å². The Labute approximate surface area is 168 Å². The van der Waals surface area contributed by atoms with Crippen molar-refractivity contribution < 1.29 is 17.9 Å². The number of benzene rings is 3. The number of nitrogens with zero attached hydrogens (tertiary/aromatic N) is 1. The average molecular weight is 407 g/mol. The van der Waals surface area contributed by atoms with E-state index in [0.717, 1.165) is 0 Å². The molecule has 0 aliphatic rings. The van der Waals surface area contributed by atoms with Crippen molar-refractivity contribution in [3.8, 4) is 11.8 Å². The van der Waals surface area contributed by atoms with Gasteiger partial charge in [-0.1, -0.05) is 30.3 Å². The molecule has 0 spiro atoms. The number of carbonyl (C=O) groups is 1. The summed E-state index contributed by atoms with van der Waals surface area (Å²) in [5.74, 6) is -0.0224. The maximum atomic E-state index is 12.8. The summed E-state index contributed by atoms with van der Waals surface area (Å²) in [7, 11) is -2.50. The Morgan fingerprint density at radius 2 is 1.66 bits per heavy atom. The second kappa shape index (κ2) is 8.46. The highest BCUT2D eigenvalue weighted by Crippen LogP contribution is 2.26. The van der Waals surface area contributed by atoms with Crippen molar-refractivity contribution in [3.63, 3.8) is 0 Å². The number of methoxy groups -OCH3 is 1. The summed E-state index contributed by atoms with van der Waals surface area (Å²) in [6.07, 6.45) is 0. The van der Waals surface area contributed by atoms with Crippen molar-refractivity contribution in [1.82, 2.24) is 0 Å². The number of para-hydroxylation sites is 3. The normalized spacial score (nSPS) is 10.6. The fourth-order valence-electron chi connectivity index (χ4n) is 2.64. The van der Waals surface area contributed by atoms with Gasteiger partial charge >= 0.3 is 0 Å². The summed E-state index contributed by atoms with van der Waals surface area (Å²) < 4.78 is 33.1. The summed E-state index contributed by atoms with van der Waals surface area (Å²) in [4.78, 5) is 12.7. The van der Waals surface area contributed by atoms with Crippen LogP contribution in [0.2, 0.25) is 0 Å². The van der Waals surface area contributed by atoms with Crippen molar-refractivity contribution in [2.75, 3.05) is 17.1 Å². The number of hydrogen-bond donors (Lipinski definition) is 2. The van der Waals surface area contributed by atoms with Crippen LogP contribution in [0.4, 0.5) is 11.4 Å². The number of rotatable bonds is 6. The number of nitrogens with one attached hydrogen (secondary N) is 2. The number of ether oxygens (including phenoxy) is 1. The third-order valence-electron chi connectivity index (χ3n) is 4.04. The Hall–Kier alpha value is -3.83. The molecule has 0 heterocycles. The topological polar surface area (TPSA) is 108 Å². The van der Waals surface area contributed by atoms with Crippen molar-refractivity contribution in [2.45, 2.75) is 4.90 Å². The number of nitriles is 1. The molecule has 8 heteroatoms. The van der Waals surface area contributed by atoms with Gasteiger partial charge in [0.2, 0.25) is 0 Å². The lowest BCUT2D eigenvalue weighted by molar-refractivity contribution is 0.102. The number of hydrogen-bond acceptors (Lipinski definition) is 5. The Kier molecular flexibility index (Phi) is 5.81. The fraction of sp³-hybridized carbons (Fsp3) is 0.0476. The molecule has 29 heavy (non-hydrogen) atoms. The minimum atomic E-state index is -3.99. The molecule has 146 valence electrons. The molecule has 3 aromatic rings. The van der Waals surface area contributed by atoms with E-state index in [0.29, 0.717) is 11.4 Å². The third kappa shape index (κ3) is 4.54. The fourth-order valence-corrected chi connectivity index (χ4v) is 3.77. The lowest BCUT2D eigenvalue weighted by Gasteiger charge is -2.14. The van der Waals surface area contributed by atoms with Crippen LogP contribution in [0.25, 0.3) is 0 Å². The summed E-state index contributed by atoms with van der Waals surface area (Å²) in [6.45, 7) is 0. The van der Waals surface area contributed by atoms with Gasteiger partial charge in [-0.05, 0) is 42.5 Å². The molecule has 0 aromatic heterocycles. The van der Waals surface area contributed by atoms with E-state index in [1.165, 1.54) is 43.5 Å². The molecule has 0 atom stereocenters. The zero-order valence-corrected chi connectivity index (χ0v) is 16.2. The van der Waals surface area contributed by atoms with Crippen LogP contribution in [0.1, 0.15) is 15.9 Å². The van der Waals surface area contributed by atoms with Gasteiger partial charge in [0.25, 0.3) is 15.9 Å². The van der Waals surface area contributed by atoms with Crippen molar-refractivity contribution in [2.24, 2.45) is 0 Å². The van der Waals surface area contributed by atoms with Crippen LogP contribution >= 0.6 is 0 Å². The highest BCUT2D eigenvalue weighted by molar-refractivity contribution is 7.92. The molecule has 0 bridgehead atoms. The number of amides is 1. The van der Waals surface area contributed by atoms with E-state index in [2.05, 4.69) is 10.0 Å². The van der Waals surface area contributed by atoms with E-state index in [9.17, 15) is 13.2 Å². The first-order valence-corrected chi connectivity index (χ1v) is 9.99. The Morgan fingerprint density at radius 1 is 0.966 bits per heavy atom. The molecule has 0 saturated heterocycles. The van der Waals surface area contributed by atoms with Gasteiger partial charge in [0.05, 0.1) is 40.6 Å². The van der Waals surface area contributed by atoms with E-state index >= 15 is 0 Å². The molecule has 0 aliphatic carbocycles. The van der Waals surface area contributed by atoms with Crippen molar-refractivity contribution in [1.29, 1.82) is 5.26 Å². The highest BCUT2D eigenvalue weighted by atomic mass is 32.2. The Morgan fingerprint density at radius 3 is 2.38 bits per heavy atom. The van der Waals surface area contributed by atoms with E-state index in [-0.39, 0.29) is 21.7 Å². The molecular formula is C21H17N3O4S. The Bertz CT molecular complexity index is 1200. The zero-order valence-electron chi connectivity index (χ0n) is 15.4. The summed E-state index contributed by atoms with van der Waals surface area (Å²) in [6, 6.07) is 20.7. The molecule has 0 aliphatic heterocycles. The van der Waals surface area contributed by atoms with Gasteiger partial charge in [0.1, 0.15) is 5.75 Å². The molecular weight excluding hydrogens is 390 g/mol. The molecule has 0 fully saturated rings. The van der Waals surface area contributed by atoms with Gasteiger partial charge < -0.3 is 10.1 Å². The first-order valence-electron chi connectivity index (χ1n) is 8.51. The summed E-state index contributed by atoms with van der Waals surface area (Å²) >= 11 is 0. The summed E-state index contributed by atoms with van der Waals surface area (Å²) in [5.41, 5.74) is 0.926. The van der Waals surface area contributed by atoms with Gasteiger partial charge in [-0.3, -0.25) is 9.52 Å². The average Bonchev–Trinajstić information content (AvgIpc) is 2.74. The van der Waals surface area contributed by atoms with Gasteiger partial charge in [0, 0.05) is 0 Å². The Balaban J connectivity index is 1.91. The second-order valence-corrected chi connectivity index (χ2v) is 7.63. The van der Waals surface area contributed by atoms with Gasteiger partial charge in [-0.2, -0.15) is 5.26 Å². The maximum Gasteiger partial charge on any atom is 0.261 e. The van der Waals surface area contributed by atoms with Crippen LogP contribution in [0, 0.1) is 11.3 Å². The van der Waals surface area contributed by atoms with Crippen LogP contribution in [0.5, 0.6) is 5.75 Å². The molecule has 1 amide bonds. The van der Waals surface area contributed by atoms with E-state index in [4.69, 9.17) is 10.00 Å². The maximum absolute atomic E-state index is 12.8. The molecule has 0 radical (unpaired) electrons. The van der Waals surface area contributed by atoms with E-state index in [1.54, 1.807) is 36.4 Å². The van der Waals surface area contributed by atoms with E-state index in [1.807, 2.05) is 6.07 Å². The molecule has 3 rings (SSSR count). The van der Waals surface area contributed by atoms with Crippen LogP contribution in [0.3, 0.4) is 0 Å². The van der Waals surface area contributed by atoms with Crippen molar-refractivity contribution in [3.05, 3.63) is 83.9 Å². The van der Waals surface area contributed by atoms with E-state index < -0.39 is 15.9 Å². The van der Waals surface area contributed by atoms with Crippen molar-refractivity contribution >= 4 is 27.3 Å². The molecule has 0 saturated carbocycles. The minimum Gasteiger partial charge on any atom is -0.495 e. The minimum absolute atomic E-state index is 0.0727. The smallest absolute Gasteiger partial charge is 0.261 e. The lowest BCUT2D eigenvalue weighted by atomic mass is 10.1. The second-order valence-electron chi connectivity index (χ2n) is 5.95. The lowest BCUT2D eigenvalue weighted by Crippen LogP contribution is -2.19. The quantitative estimate of drug-likeness (QED) is 0.649. The van der Waals surface area contributed by atoms with Gasteiger partial charge in [-0.25, -0.2) is 8.42 Å². The third-order valence-corrected chi connectivity index (χ3v) is 5.41. The summed E-state index contributed by atoms with van der Waals surface area (Å²) in [5, 5.41) is 11.7. The number of carbonyl (C=O) groups excluding carboxylic acids is 1. The SMILES string of the molecule is COc1ccccc1NC(=O)c1ccccc1NS(=O)(=O)c1cccc(C#N)c1. The number of anilines is 2. The standard InChI is InChI=1S/C21H17N3O4S/c1-28-20-12-5-4-11-19(20)23-21(25)17-9-2-3-10-18(17)24-29(26,27)16-8-6-7-15(13-16)14-22/h2-13,24H,1H3,(H,23,25). The van der Waals surface area contributed by atoms with Crippen LogP contribution < -0.4 is 14.8 Å². The monoisotopic (exact) mass is 407 g/mol.